The number of halogens is 2. The van der Waals surface area contributed by atoms with Gasteiger partial charge in [0.25, 0.3) is 0 Å². The van der Waals surface area contributed by atoms with Gasteiger partial charge in [-0.2, -0.15) is 0 Å². The molecule has 1 aliphatic heterocycles. The first-order valence-corrected chi connectivity index (χ1v) is 10.3. The van der Waals surface area contributed by atoms with Crippen LogP contribution in [0.1, 0.15) is 5.56 Å². The first-order valence-electron chi connectivity index (χ1n) is 7.61. The van der Waals surface area contributed by atoms with Gasteiger partial charge in [0, 0.05) is 41.0 Å². The normalized spacial score (nSPS) is 14.8. The van der Waals surface area contributed by atoms with Crippen molar-refractivity contribution in [2.24, 2.45) is 0 Å². The average Bonchev–Trinajstić information content (AvgIpc) is 2.50. The highest BCUT2D eigenvalue weighted by atomic mass is 35.5. The standard InChI is InChI=1S/C17H17Cl2NO4S/c1-25(21,22)17-7-13(19)3-2-11(17)10-23-15-5-4-12(18)6-16(15)24-14-8-20-9-14/h2-7,14,20H,8-10H2,1H3. The number of ether oxygens (including phenoxy) is 2. The Bertz CT molecular complexity index is 882. The molecule has 0 spiro atoms. The van der Waals surface area contributed by atoms with E-state index >= 15 is 0 Å². The Morgan fingerprint density at radius 2 is 1.76 bits per heavy atom. The first-order chi connectivity index (χ1) is 11.8. The number of nitrogens with one attached hydrogen (secondary N) is 1. The maximum Gasteiger partial charge on any atom is 0.175 e. The molecule has 134 valence electrons. The quantitative estimate of drug-likeness (QED) is 0.803. The minimum atomic E-state index is -3.42. The molecule has 0 atom stereocenters. The van der Waals surface area contributed by atoms with Crippen LogP contribution < -0.4 is 14.8 Å². The van der Waals surface area contributed by atoms with Crippen LogP contribution in [0.5, 0.6) is 11.5 Å². The van der Waals surface area contributed by atoms with Crippen molar-refractivity contribution in [3.8, 4) is 11.5 Å². The average molecular weight is 402 g/mol. The molecule has 1 heterocycles. The fraction of sp³-hybridized carbons (Fsp3) is 0.294. The molecular formula is C17H17Cl2NO4S. The van der Waals surface area contributed by atoms with Crippen LogP contribution in [0.4, 0.5) is 0 Å². The van der Waals surface area contributed by atoms with Crippen molar-refractivity contribution in [1.29, 1.82) is 0 Å². The Hall–Kier alpha value is -1.47. The van der Waals surface area contributed by atoms with E-state index in [1.807, 2.05) is 0 Å². The van der Waals surface area contributed by atoms with Crippen LogP contribution in [0.2, 0.25) is 10.0 Å². The second-order valence-electron chi connectivity index (χ2n) is 5.80. The van der Waals surface area contributed by atoms with Gasteiger partial charge in [0.1, 0.15) is 12.7 Å². The highest BCUT2D eigenvalue weighted by Crippen LogP contribution is 2.33. The van der Waals surface area contributed by atoms with Gasteiger partial charge in [0.15, 0.2) is 21.3 Å². The monoisotopic (exact) mass is 401 g/mol. The van der Waals surface area contributed by atoms with E-state index in [1.165, 1.54) is 6.07 Å². The van der Waals surface area contributed by atoms with Gasteiger partial charge in [0.05, 0.1) is 4.90 Å². The van der Waals surface area contributed by atoms with Crippen LogP contribution in [0.15, 0.2) is 41.3 Å². The third-order valence-electron chi connectivity index (χ3n) is 3.76. The smallest absolute Gasteiger partial charge is 0.175 e. The third kappa shape index (κ3) is 4.58. The molecule has 0 unspecified atom stereocenters. The Morgan fingerprint density at radius 1 is 1.08 bits per heavy atom. The van der Waals surface area contributed by atoms with Crippen molar-refractivity contribution in [2.45, 2.75) is 17.6 Å². The zero-order valence-electron chi connectivity index (χ0n) is 13.5. The molecule has 0 aromatic heterocycles. The Kier molecular flexibility index (Phi) is 5.43. The van der Waals surface area contributed by atoms with Crippen LogP contribution in [0.25, 0.3) is 0 Å². The third-order valence-corrected chi connectivity index (χ3v) is 5.40. The zero-order chi connectivity index (χ0) is 18.0. The molecule has 2 aromatic carbocycles. The molecular weight excluding hydrogens is 385 g/mol. The maximum absolute atomic E-state index is 12.0. The summed E-state index contributed by atoms with van der Waals surface area (Å²) in [7, 11) is -3.42. The lowest BCUT2D eigenvalue weighted by atomic mass is 10.2. The zero-order valence-corrected chi connectivity index (χ0v) is 15.8. The van der Waals surface area contributed by atoms with E-state index in [1.54, 1.807) is 30.3 Å². The topological polar surface area (TPSA) is 64.6 Å². The van der Waals surface area contributed by atoms with Crippen molar-refractivity contribution in [3.05, 3.63) is 52.0 Å². The SMILES string of the molecule is CS(=O)(=O)c1cc(Cl)ccc1COc1ccc(Cl)cc1OC1CNC1. The van der Waals surface area contributed by atoms with E-state index in [-0.39, 0.29) is 17.6 Å². The number of benzene rings is 2. The van der Waals surface area contributed by atoms with Crippen molar-refractivity contribution < 1.29 is 17.9 Å². The largest absolute Gasteiger partial charge is 0.485 e. The van der Waals surface area contributed by atoms with Crippen molar-refractivity contribution in [2.75, 3.05) is 19.3 Å². The molecule has 1 N–H and O–H groups in total. The number of hydrogen-bond acceptors (Lipinski definition) is 5. The van der Waals surface area contributed by atoms with Gasteiger partial charge in [-0.15, -0.1) is 0 Å². The molecule has 8 heteroatoms. The molecule has 0 bridgehead atoms. The maximum atomic E-state index is 12.0. The van der Waals surface area contributed by atoms with E-state index in [4.69, 9.17) is 32.7 Å². The second kappa shape index (κ2) is 7.41. The minimum absolute atomic E-state index is 0.0699. The summed E-state index contributed by atoms with van der Waals surface area (Å²) in [5.74, 6) is 1.04. The van der Waals surface area contributed by atoms with Crippen LogP contribution in [0, 0.1) is 0 Å². The first kappa shape index (κ1) is 18.3. The molecule has 3 rings (SSSR count). The molecule has 1 saturated heterocycles. The summed E-state index contributed by atoms with van der Waals surface area (Å²) >= 11 is 12.0. The fourth-order valence-electron chi connectivity index (χ4n) is 2.37. The molecule has 25 heavy (non-hydrogen) atoms. The number of rotatable bonds is 6. The molecule has 0 aliphatic carbocycles. The van der Waals surface area contributed by atoms with Gasteiger partial charge in [-0.3, -0.25) is 0 Å². The van der Waals surface area contributed by atoms with Crippen molar-refractivity contribution in [3.63, 3.8) is 0 Å². The lowest BCUT2D eigenvalue weighted by Crippen LogP contribution is -2.50. The molecule has 5 nitrogen and oxygen atoms in total. The summed E-state index contributed by atoms with van der Waals surface area (Å²) in [6.45, 7) is 1.60. The van der Waals surface area contributed by atoms with E-state index in [9.17, 15) is 8.42 Å². The Balaban J connectivity index is 1.82. The summed E-state index contributed by atoms with van der Waals surface area (Å²) < 4.78 is 35.6. The van der Waals surface area contributed by atoms with Crippen LogP contribution in [-0.2, 0) is 16.4 Å². The van der Waals surface area contributed by atoms with Gasteiger partial charge in [-0.1, -0.05) is 29.3 Å². The van der Waals surface area contributed by atoms with Gasteiger partial charge in [0.2, 0.25) is 0 Å². The predicted molar refractivity (Wildman–Crippen MR) is 97.6 cm³/mol. The summed E-state index contributed by atoms with van der Waals surface area (Å²) in [4.78, 5) is 0.152. The van der Waals surface area contributed by atoms with Gasteiger partial charge in [-0.25, -0.2) is 8.42 Å². The number of hydrogen-bond donors (Lipinski definition) is 1. The van der Waals surface area contributed by atoms with E-state index in [2.05, 4.69) is 5.32 Å². The van der Waals surface area contributed by atoms with Crippen LogP contribution in [-0.4, -0.2) is 33.9 Å². The van der Waals surface area contributed by atoms with Gasteiger partial charge < -0.3 is 14.8 Å². The Labute approximate surface area is 156 Å². The van der Waals surface area contributed by atoms with Gasteiger partial charge in [-0.05, 0) is 24.3 Å². The van der Waals surface area contributed by atoms with Crippen LogP contribution >= 0.6 is 23.2 Å². The molecule has 1 fully saturated rings. The highest BCUT2D eigenvalue weighted by Gasteiger charge is 2.21. The van der Waals surface area contributed by atoms with E-state index < -0.39 is 9.84 Å². The summed E-state index contributed by atoms with van der Waals surface area (Å²) in [5.41, 5.74) is 0.526. The van der Waals surface area contributed by atoms with Crippen LogP contribution in [0.3, 0.4) is 0 Å². The van der Waals surface area contributed by atoms with Gasteiger partial charge >= 0.3 is 0 Å². The molecule has 0 saturated carbocycles. The molecule has 2 aromatic rings. The highest BCUT2D eigenvalue weighted by molar-refractivity contribution is 7.90. The minimum Gasteiger partial charge on any atom is -0.485 e. The van der Waals surface area contributed by atoms with E-state index in [0.717, 1.165) is 19.3 Å². The summed E-state index contributed by atoms with van der Waals surface area (Å²) in [5, 5.41) is 4.02. The Morgan fingerprint density at radius 3 is 2.40 bits per heavy atom. The summed E-state index contributed by atoms with van der Waals surface area (Å²) in [6, 6.07) is 9.80. The fourth-order valence-corrected chi connectivity index (χ4v) is 3.71. The lowest BCUT2D eigenvalue weighted by molar-refractivity contribution is 0.134. The number of sulfone groups is 1. The summed E-state index contributed by atoms with van der Waals surface area (Å²) in [6.07, 6.45) is 1.21. The molecule has 1 aliphatic rings. The second-order valence-corrected chi connectivity index (χ2v) is 8.66. The predicted octanol–water partition coefficient (Wildman–Crippen LogP) is 3.33. The molecule has 0 radical (unpaired) electrons. The van der Waals surface area contributed by atoms with Crippen molar-refractivity contribution in [1.82, 2.24) is 5.32 Å². The van der Waals surface area contributed by atoms with E-state index in [0.29, 0.717) is 27.1 Å². The molecule has 0 amide bonds. The van der Waals surface area contributed by atoms with Crippen molar-refractivity contribution >= 4 is 33.0 Å². The lowest BCUT2D eigenvalue weighted by Gasteiger charge is -2.28.